The van der Waals surface area contributed by atoms with Crippen molar-refractivity contribution in [1.29, 1.82) is 0 Å². The minimum absolute atomic E-state index is 0.126. The maximum absolute atomic E-state index is 13.1. The number of anilines is 1. The molecule has 4 rings (SSSR count). The second-order valence-corrected chi connectivity index (χ2v) is 8.45. The second kappa shape index (κ2) is 9.10. The zero-order valence-corrected chi connectivity index (χ0v) is 18.4. The fourth-order valence-corrected chi connectivity index (χ4v) is 4.77. The molecule has 0 aromatic heterocycles. The molecule has 2 aromatic carbocycles. The number of nitrogens with one attached hydrogen (secondary N) is 1. The number of carbonyl (C=O) groups is 2. The van der Waals surface area contributed by atoms with E-state index in [4.69, 9.17) is 4.74 Å². The van der Waals surface area contributed by atoms with Crippen molar-refractivity contribution in [1.82, 2.24) is 10.2 Å². The van der Waals surface area contributed by atoms with E-state index >= 15 is 0 Å². The molecule has 2 heterocycles. The smallest absolute Gasteiger partial charge is 0.322 e. The first kappa shape index (κ1) is 21.4. The van der Waals surface area contributed by atoms with Crippen molar-refractivity contribution in [3.05, 3.63) is 65.2 Å². The Morgan fingerprint density at radius 3 is 2.58 bits per heavy atom. The number of amides is 2. The van der Waals surface area contributed by atoms with Gasteiger partial charge in [-0.3, -0.25) is 9.69 Å². The molecule has 0 saturated carbocycles. The molecule has 0 spiro atoms. The maximum atomic E-state index is 13.1. The second-order valence-electron chi connectivity index (χ2n) is 8.45. The fourth-order valence-electron chi connectivity index (χ4n) is 4.77. The van der Waals surface area contributed by atoms with Gasteiger partial charge in [0.25, 0.3) is 0 Å². The molecule has 1 atom stereocenters. The Kier molecular flexibility index (Phi) is 6.28. The summed E-state index contributed by atoms with van der Waals surface area (Å²) in [6, 6.07) is 16.3. The number of likely N-dealkylation sites (N-methyl/N-ethyl adjacent to an activating group) is 1. The van der Waals surface area contributed by atoms with Crippen LogP contribution in [0.1, 0.15) is 36.5 Å². The average Bonchev–Trinajstić information content (AvgIpc) is 3.01. The van der Waals surface area contributed by atoms with Crippen molar-refractivity contribution < 1.29 is 14.3 Å². The van der Waals surface area contributed by atoms with E-state index in [0.29, 0.717) is 19.6 Å². The molecule has 1 fully saturated rings. The van der Waals surface area contributed by atoms with Crippen LogP contribution in [0.2, 0.25) is 0 Å². The average molecular weight is 422 g/mol. The Hall–Kier alpha value is -2.86. The predicted molar refractivity (Wildman–Crippen MR) is 121 cm³/mol. The molecule has 2 amide bonds. The maximum Gasteiger partial charge on any atom is 0.322 e. The molecule has 0 bridgehead atoms. The van der Waals surface area contributed by atoms with Crippen LogP contribution in [0.5, 0.6) is 0 Å². The lowest BCUT2D eigenvalue weighted by Crippen LogP contribution is -2.45. The number of fused-ring (bicyclic) bond motifs is 1. The van der Waals surface area contributed by atoms with Crippen LogP contribution in [-0.4, -0.2) is 50.2 Å². The molecule has 1 saturated heterocycles. The molecule has 0 radical (unpaired) electrons. The first-order valence-electron chi connectivity index (χ1n) is 11.1. The molecular weight excluding hydrogens is 390 g/mol. The summed E-state index contributed by atoms with van der Waals surface area (Å²) in [5.41, 5.74) is 3.91. The number of hydrogen-bond donors (Lipinski definition) is 1. The molecule has 0 aliphatic carbocycles. The number of rotatable bonds is 6. The summed E-state index contributed by atoms with van der Waals surface area (Å²) in [7, 11) is 2.15. The standard InChI is InChI=1S/C25H31N3O3/c1-3-31-23(29)11-14-25(21-7-5-4-6-8-21)18-26-24(30)28(25)22-10-9-19-12-15-27(2)16-13-20(19)17-22/h4-10,17H,3,11-16,18H2,1-2H3,(H,26,30). The number of hydrogen-bond acceptors (Lipinski definition) is 4. The van der Waals surface area contributed by atoms with Crippen molar-refractivity contribution >= 4 is 17.7 Å². The summed E-state index contributed by atoms with van der Waals surface area (Å²) in [6.45, 7) is 4.68. The number of carbonyl (C=O) groups excluding carboxylic acids is 2. The highest BCUT2D eigenvalue weighted by Gasteiger charge is 2.47. The number of ether oxygens (including phenoxy) is 1. The third-order valence-corrected chi connectivity index (χ3v) is 6.50. The minimum Gasteiger partial charge on any atom is -0.466 e. The number of urea groups is 1. The van der Waals surface area contributed by atoms with Gasteiger partial charge in [0.15, 0.2) is 0 Å². The molecule has 31 heavy (non-hydrogen) atoms. The topological polar surface area (TPSA) is 61.9 Å². The van der Waals surface area contributed by atoms with Crippen LogP contribution in [0.3, 0.4) is 0 Å². The van der Waals surface area contributed by atoms with E-state index in [1.807, 2.05) is 42.2 Å². The van der Waals surface area contributed by atoms with E-state index in [0.717, 1.165) is 37.2 Å². The highest BCUT2D eigenvalue weighted by atomic mass is 16.5. The third kappa shape index (κ3) is 4.30. The van der Waals surface area contributed by atoms with Gasteiger partial charge in [-0.1, -0.05) is 36.4 Å². The Morgan fingerprint density at radius 2 is 1.84 bits per heavy atom. The normalized spacial score (nSPS) is 21.4. The summed E-state index contributed by atoms with van der Waals surface area (Å²) >= 11 is 0. The van der Waals surface area contributed by atoms with Crippen LogP contribution in [0.4, 0.5) is 10.5 Å². The van der Waals surface area contributed by atoms with Gasteiger partial charge in [0.1, 0.15) is 0 Å². The lowest BCUT2D eigenvalue weighted by atomic mass is 9.84. The Morgan fingerprint density at radius 1 is 1.10 bits per heavy atom. The van der Waals surface area contributed by atoms with Gasteiger partial charge in [-0.2, -0.15) is 0 Å². The Bertz CT molecular complexity index is 946. The van der Waals surface area contributed by atoms with Gasteiger partial charge >= 0.3 is 12.0 Å². The summed E-state index contributed by atoms with van der Waals surface area (Å²) in [5.74, 6) is -0.234. The van der Waals surface area contributed by atoms with Crippen molar-refractivity contribution in [3.63, 3.8) is 0 Å². The van der Waals surface area contributed by atoms with Gasteiger partial charge in [-0.25, -0.2) is 4.79 Å². The summed E-state index contributed by atoms with van der Waals surface area (Å²) in [6.07, 6.45) is 2.74. The molecular formula is C25H31N3O3. The van der Waals surface area contributed by atoms with Crippen LogP contribution in [0.15, 0.2) is 48.5 Å². The molecule has 2 aliphatic rings. The molecule has 2 aliphatic heterocycles. The van der Waals surface area contributed by atoms with Crippen LogP contribution in [0, 0.1) is 0 Å². The number of esters is 1. The van der Waals surface area contributed by atoms with Crippen molar-refractivity contribution in [2.75, 3.05) is 38.2 Å². The highest BCUT2D eigenvalue weighted by Crippen LogP contribution is 2.41. The molecule has 1 N–H and O–H groups in total. The van der Waals surface area contributed by atoms with E-state index in [2.05, 4.69) is 35.5 Å². The SMILES string of the molecule is CCOC(=O)CCC1(c2ccccc2)CNC(=O)N1c1ccc2c(c1)CCN(C)CC2. The lowest BCUT2D eigenvalue weighted by Gasteiger charge is -2.38. The van der Waals surface area contributed by atoms with E-state index < -0.39 is 5.54 Å². The van der Waals surface area contributed by atoms with E-state index in [-0.39, 0.29) is 18.4 Å². The van der Waals surface area contributed by atoms with Gasteiger partial charge in [0.2, 0.25) is 0 Å². The van der Waals surface area contributed by atoms with Gasteiger partial charge < -0.3 is 15.0 Å². The van der Waals surface area contributed by atoms with Gasteiger partial charge in [-0.05, 0) is 62.1 Å². The van der Waals surface area contributed by atoms with Gasteiger partial charge in [0.05, 0.1) is 12.1 Å². The Balaban J connectivity index is 1.73. The summed E-state index contributed by atoms with van der Waals surface area (Å²) in [4.78, 5) is 29.5. The summed E-state index contributed by atoms with van der Waals surface area (Å²) < 4.78 is 5.18. The number of benzene rings is 2. The molecule has 2 aromatic rings. The monoisotopic (exact) mass is 421 g/mol. The van der Waals surface area contributed by atoms with Crippen LogP contribution < -0.4 is 10.2 Å². The van der Waals surface area contributed by atoms with E-state index in [1.54, 1.807) is 0 Å². The van der Waals surface area contributed by atoms with Crippen molar-refractivity contribution in [2.45, 2.75) is 38.1 Å². The molecule has 6 nitrogen and oxygen atoms in total. The first-order chi connectivity index (χ1) is 15.0. The van der Waals surface area contributed by atoms with Crippen LogP contribution in [0.25, 0.3) is 0 Å². The van der Waals surface area contributed by atoms with Crippen LogP contribution in [-0.2, 0) is 27.9 Å². The zero-order chi connectivity index (χ0) is 21.8. The zero-order valence-electron chi connectivity index (χ0n) is 18.4. The predicted octanol–water partition coefficient (Wildman–Crippen LogP) is 3.49. The van der Waals surface area contributed by atoms with E-state index in [9.17, 15) is 9.59 Å². The first-order valence-corrected chi connectivity index (χ1v) is 11.1. The minimum atomic E-state index is -0.638. The molecule has 1 unspecified atom stereocenters. The van der Waals surface area contributed by atoms with Crippen LogP contribution >= 0.6 is 0 Å². The molecule has 6 heteroatoms. The van der Waals surface area contributed by atoms with Crippen molar-refractivity contribution in [2.24, 2.45) is 0 Å². The van der Waals surface area contributed by atoms with Crippen molar-refractivity contribution in [3.8, 4) is 0 Å². The lowest BCUT2D eigenvalue weighted by molar-refractivity contribution is -0.143. The quantitative estimate of drug-likeness (QED) is 0.726. The summed E-state index contributed by atoms with van der Waals surface area (Å²) in [5, 5.41) is 3.04. The van der Waals surface area contributed by atoms with Gasteiger partial charge in [0, 0.05) is 31.7 Å². The largest absolute Gasteiger partial charge is 0.466 e. The fraction of sp³-hybridized carbons (Fsp3) is 0.440. The number of nitrogens with zero attached hydrogens (tertiary/aromatic N) is 2. The molecule has 164 valence electrons. The highest BCUT2D eigenvalue weighted by molar-refractivity contribution is 5.96. The Labute approximate surface area is 184 Å². The third-order valence-electron chi connectivity index (χ3n) is 6.50. The van der Waals surface area contributed by atoms with Gasteiger partial charge in [-0.15, -0.1) is 0 Å². The van der Waals surface area contributed by atoms with E-state index in [1.165, 1.54) is 11.1 Å².